The Labute approximate surface area is 103 Å². The highest BCUT2D eigenvalue weighted by Gasteiger charge is 2.29. The van der Waals surface area contributed by atoms with Crippen molar-refractivity contribution in [2.75, 3.05) is 5.73 Å². The molecule has 0 radical (unpaired) electrons. The van der Waals surface area contributed by atoms with Crippen LogP contribution in [0.25, 0.3) is 11.1 Å². The zero-order valence-corrected chi connectivity index (χ0v) is 9.62. The van der Waals surface area contributed by atoms with E-state index in [1.165, 1.54) is 12.1 Å². The van der Waals surface area contributed by atoms with Crippen molar-refractivity contribution in [2.24, 2.45) is 0 Å². The van der Waals surface area contributed by atoms with Crippen molar-refractivity contribution in [3.05, 3.63) is 35.6 Å². The van der Waals surface area contributed by atoms with Crippen LogP contribution in [0.2, 0.25) is 0 Å². The van der Waals surface area contributed by atoms with Crippen molar-refractivity contribution in [3.8, 4) is 11.1 Å². The molecule has 2 N–H and O–H groups in total. The minimum Gasteiger partial charge on any atom is -0.380 e. The molecule has 5 heteroatoms. The normalized spacial score (nSPS) is 15.7. The molecule has 0 unspecified atom stereocenters. The summed E-state index contributed by atoms with van der Waals surface area (Å²) in [5.41, 5.74) is 6.45. The second-order valence-electron chi connectivity index (χ2n) is 4.56. The second kappa shape index (κ2) is 4.08. The van der Waals surface area contributed by atoms with Crippen LogP contribution in [0, 0.1) is 11.6 Å². The van der Waals surface area contributed by atoms with Crippen LogP contribution in [-0.4, -0.2) is 5.16 Å². The third kappa shape index (κ3) is 1.66. The van der Waals surface area contributed by atoms with Crippen LogP contribution in [0.5, 0.6) is 0 Å². The maximum absolute atomic E-state index is 13.8. The van der Waals surface area contributed by atoms with Gasteiger partial charge in [-0.25, -0.2) is 8.78 Å². The number of anilines is 1. The van der Waals surface area contributed by atoms with Crippen LogP contribution in [0.15, 0.2) is 22.7 Å². The average molecular weight is 250 g/mol. The Bertz CT molecular complexity index is 591. The summed E-state index contributed by atoms with van der Waals surface area (Å²) in [7, 11) is 0. The lowest BCUT2D eigenvalue weighted by molar-refractivity contribution is 0.302. The number of hydrogen-bond acceptors (Lipinski definition) is 3. The maximum atomic E-state index is 13.8. The van der Waals surface area contributed by atoms with E-state index in [9.17, 15) is 8.78 Å². The quantitative estimate of drug-likeness (QED) is 0.887. The highest BCUT2D eigenvalue weighted by atomic mass is 19.1. The van der Waals surface area contributed by atoms with Crippen LogP contribution in [0.1, 0.15) is 30.9 Å². The minimum atomic E-state index is -0.648. The first-order chi connectivity index (χ1) is 8.66. The molecule has 1 saturated carbocycles. The Morgan fingerprint density at radius 1 is 1.28 bits per heavy atom. The first-order valence-corrected chi connectivity index (χ1v) is 5.87. The molecule has 0 atom stereocenters. The van der Waals surface area contributed by atoms with Gasteiger partial charge in [0.15, 0.2) is 5.82 Å². The number of rotatable bonds is 2. The van der Waals surface area contributed by atoms with Crippen molar-refractivity contribution in [2.45, 2.75) is 25.2 Å². The van der Waals surface area contributed by atoms with Crippen molar-refractivity contribution < 1.29 is 13.3 Å². The van der Waals surface area contributed by atoms with E-state index in [1.54, 1.807) is 0 Å². The van der Waals surface area contributed by atoms with Crippen molar-refractivity contribution in [3.63, 3.8) is 0 Å². The lowest BCUT2D eigenvalue weighted by Gasteiger charge is -2.23. The van der Waals surface area contributed by atoms with Gasteiger partial charge in [0.05, 0.1) is 5.56 Å². The minimum absolute atomic E-state index is 0.155. The van der Waals surface area contributed by atoms with Gasteiger partial charge >= 0.3 is 0 Å². The molecule has 94 valence electrons. The van der Waals surface area contributed by atoms with Gasteiger partial charge in [-0.3, -0.25) is 0 Å². The number of nitrogen functional groups attached to an aromatic ring is 1. The largest absolute Gasteiger partial charge is 0.380 e. The molecule has 3 nitrogen and oxygen atoms in total. The van der Waals surface area contributed by atoms with E-state index in [0.29, 0.717) is 11.3 Å². The second-order valence-corrected chi connectivity index (χ2v) is 4.56. The molecular formula is C13H12F2N2O. The first-order valence-electron chi connectivity index (χ1n) is 5.87. The van der Waals surface area contributed by atoms with Crippen LogP contribution in [0.4, 0.5) is 14.6 Å². The van der Waals surface area contributed by atoms with Gasteiger partial charge in [-0.2, -0.15) is 0 Å². The van der Waals surface area contributed by atoms with Gasteiger partial charge in [0, 0.05) is 17.5 Å². The van der Waals surface area contributed by atoms with Gasteiger partial charge < -0.3 is 10.3 Å². The molecule has 1 heterocycles. The Morgan fingerprint density at radius 3 is 2.67 bits per heavy atom. The van der Waals surface area contributed by atoms with Gasteiger partial charge in [0.1, 0.15) is 17.4 Å². The number of nitrogens with two attached hydrogens (primary N) is 1. The molecular weight excluding hydrogens is 238 g/mol. The summed E-state index contributed by atoms with van der Waals surface area (Å²) in [5.74, 6) is -0.247. The number of benzene rings is 1. The van der Waals surface area contributed by atoms with Gasteiger partial charge in [-0.15, -0.1) is 0 Å². The van der Waals surface area contributed by atoms with E-state index in [-0.39, 0.29) is 17.3 Å². The van der Waals surface area contributed by atoms with E-state index < -0.39 is 11.6 Å². The fraction of sp³-hybridized carbons (Fsp3) is 0.308. The van der Waals surface area contributed by atoms with Crippen LogP contribution in [-0.2, 0) is 0 Å². The molecule has 1 aromatic heterocycles. The van der Waals surface area contributed by atoms with E-state index in [4.69, 9.17) is 10.3 Å². The summed E-state index contributed by atoms with van der Waals surface area (Å²) in [5, 5.41) is 3.70. The number of halogens is 2. The van der Waals surface area contributed by atoms with Gasteiger partial charge in [0.25, 0.3) is 0 Å². The summed E-state index contributed by atoms with van der Waals surface area (Å²) in [6.45, 7) is 0. The highest BCUT2D eigenvalue weighted by molar-refractivity contribution is 5.76. The third-order valence-corrected chi connectivity index (χ3v) is 3.42. The third-order valence-electron chi connectivity index (χ3n) is 3.42. The number of nitrogens with zero attached hydrogens (tertiary/aromatic N) is 1. The predicted molar refractivity (Wildman–Crippen MR) is 62.9 cm³/mol. The zero-order valence-electron chi connectivity index (χ0n) is 9.62. The molecule has 0 amide bonds. The van der Waals surface area contributed by atoms with E-state index >= 15 is 0 Å². The summed E-state index contributed by atoms with van der Waals surface area (Å²) < 4.78 is 31.9. The van der Waals surface area contributed by atoms with Crippen molar-refractivity contribution >= 4 is 5.82 Å². The maximum Gasteiger partial charge on any atom is 0.175 e. The fourth-order valence-corrected chi connectivity index (χ4v) is 2.23. The zero-order chi connectivity index (χ0) is 12.7. The molecule has 0 bridgehead atoms. The molecule has 1 fully saturated rings. The number of hydrogen-bond donors (Lipinski definition) is 1. The van der Waals surface area contributed by atoms with Crippen LogP contribution < -0.4 is 5.73 Å². The van der Waals surface area contributed by atoms with Crippen molar-refractivity contribution in [1.82, 2.24) is 5.16 Å². The molecule has 1 aliphatic rings. The molecule has 0 aliphatic heterocycles. The smallest absolute Gasteiger partial charge is 0.175 e. The average Bonchev–Trinajstić information content (AvgIpc) is 2.59. The lowest BCUT2D eigenvalue weighted by Crippen LogP contribution is -2.09. The van der Waals surface area contributed by atoms with Crippen molar-refractivity contribution in [1.29, 1.82) is 0 Å². The molecule has 3 rings (SSSR count). The lowest BCUT2D eigenvalue weighted by atomic mass is 9.81. The fourth-order valence-electron chi connectivity index (χ4n) is 2.23. The van der Waals surface area contributed by atoms with Gasteiger partial charge in [-0.1, -0.05) is 11.6 Å². The predicted octanol–water partition coefficient (Wildman–Crippen LogP) is 3.47. The molecule has 1 aliphatic carbocycles. The Kier molecular flexibility index (Phi) is 2.54. The summed E-state index contributed by atoms with van der Waals surface area (Å²) in [6.07, 6.45) is 3.10. The van der Waals surface area contributed by atoms with Gasteiger partial charge in [0.2, 0.25) is 0 Å². The van der Waals surface area contributed by atoms with E-state index in [1.807, 2.05) is 0 Å². The van der Waals surface area contributed by atoms with E-state index in [0.717, 1.165) is 25.3 Å². The topological polar surface area (TPSA) is 52.0 Å². The number of aromatic nitrogens is 1. The molecule has 0 saturated heterocycles. The summed E-state index contributed by atoms with van der Waals surface area (Å²) in [4.78, 5) is 0. The van der Waals surface area contributed by atoms with E-state index in [2.05, 4.69) is 5.16 Å². The molecule has 2 aromatic rings. The SMILES string of the molecule is Nc1noc(C2CCC2)c1-c1ccc(F)cc1F. The Hall–Kier alpha value is -1.91. The monoisotopic (exact) mass is 250 g/mol. The Balaban J connectivity index is 2.12. The van der Waals surface area contributed by atoms with Crippen LogP contribution >= 0.6 is 0 Å². The first kappa shape index (κ1) is 11.2. The molecule has 1 aromatic carbocycles. The standard InChI is InChI=1S/C13H12F2N2O/c14-8-4-5-9(10(15)6-8)11-12(7-2-1-3-7)18-17-13(11)16/h4-7H,1-3H2,(H2,16,17). The molecule has 18 heavy (non-hydrogen) atoms. The van der Waals surface area contributed by atoms with Gasteiger partial charge in [-0.05, 0) is 25.0 Å². The summed E-state index contributed by atoms with van der Waals surface area (Å²) >= 11 is 0. The summed E-state index contributed by atoms with van der Waals surface area (Å²) in [6, 6.07) is 3.41. The van der Waals surface area contributed by atoms with Crippen LogP contribution in [0.3, 0.4) is 0 Å². The molecule has 0 spiro atoms. The Morgan fingerprint density at radius 2 is 2.06 bits per heavy atom. The highest BCUT2D eigenvalue weighted by Crippen LogP contribution is 2.43.